The number of hydrogen-bond donors (Lipinski definition) is 1. The number of hydrazone groups is 1. The second-order valence-corrected chi connectivity index (χ2v) is 3.99. The number of fused-ring (bicyclic) bond motifs is 1. The molecule has 1 fully saturated rings. The molecule has 0 radical (unpaired) electrons. The predicted octanol–water partition coefficient (Wildman–Crippen LogP) is 1.08. The largest absolute Gasteiger partial charge is 0.314 e. The Bertz CT molecular complexity index is 240. The van der Waals surface area contributed by atoms with Gasteiger partial charge >= 0.3 is 0 Å². The molecule has 1 amide bonds. The van der Waals surface area contributed by atoms with E-state index >= 15 is 0 Å². The van der Waals surface area contributed by atoms with Crippen LogP contribution in [0.4, 0.5) is 0 Å². The molecule has 78 valence electrons. The van der Waals surface area contributed by atoms with Crippen LogP contribution in [0.25, 0.3) is 0 Å². The number of rotatable bonds is 0. The van der Waals surface area contributed by atoms with Gasteiger partial charge in [0.15, 0.2) is 0 Å². The fourth-order valence-electron chi connectivity index (χ4n) is 2.11. The summed E-state index contributed by atoms with van der Waals surface area (Å²) in [5, 5.41) is 8.85. The molecule has 0 aliphatic carbocycles. The normalized spacial score (nSPS) is 28.4. The van der Waals surface area contributed by atoms with Crippen LogP contribution in [0.15, 0.2) is 5.10 Å². The minimum atomic E-state index is -0.0156. The van der Waals surface area contributed by atoms with Crippen molar-refractivity contribution in [1.82, 2.24) is 10.3 Å². The Hall–Kier alpha value is -1.06. The summed E-state index contributed by atoms with van der Waals surface area (Å²) in [6.07, 6.45) is 8.57. The zero-order valence-corrected chi connectivity index (χ0v) is 8.41. The summed E-state index contributed by atoms with van der Waals surface area (Å²) in [4.78, 5) is 11.6. The van der Waals surface area contributed by atoms with Gasteiger partial charge in [-0.2, -0.15) is 5.10 Å². The van der Waals surface area contributed by atoms with Crippen molar-refractivity contribution in [3.8, 4) is 0 Å². The van der Waals surface area contributed by atoms with Gasteiger partial charge in [0.1, 0.15) is 12.4 Å². The van der Waals surface area contributed by atoms with E-state index in [0.717, 1.165) is 25.8 Å². The van der Waals surface area contributed by atoms with Crippen LogP contribution in [-0.2, 0) is 4.79 Å². The van der Waals surface area contributed by atoms with Gasteiger partial charge in [0, 0.05) is 6.54 Å². The molecule has 0 aromatic carbocycles. The van der Waals surface area contributed by atoms with E-state index in [0.29, 0.717) is 0 Å². The first-order valence-electron chi connectivity index (χ1n) is 5.47. The van der Waals surface area contributed by atoms with E-state index in [9.17, 15) is 4.79 Å². The van der Waals surface area contributed by atoms with Crippen molar-refractivity contribution in [2.75, 3.05) is 6.54 Å². The molecule has 0 saturated carbocycles. The minimum Gasteiger partial charge on any atom is -0.314 e. The van der Waals surface area contributed by atoms with Crippen molar-refractivity contribution in [1.29, 1.82) is 0 Å². The van der Waals surface area contributed by atoms with Crippen LogP contribution in [0.2, 0.25) is 0 Å². The van der Waals surface area contributed by atoms with Gasteiger partial charge in [-0.05, 0) is 12.8 Å². The van der Waals surface area contributed by atoms with Crippen molar-refractivity contribution >= 4 is 12.2 Å². The number of carbonyl (C=O) groups is 1. The highest BCUT2D eigenvalue weighted by atomic mass is 16.2. The molecule has 2 heterocycles. The van der Waals surface area contributed by atoms with Gasteiger partial charge in [-0.3, -0.25) is 9.80 Å². The molecule has 0 bridgehead atoms. The van der Waals surface area contributed by atoms with Crippen LogP contribution in [0, 0.1) is 0 Å². The molecule has 4 nitrogen and oxygen atoms in total. The maximum Gasteiger partial charge on any atom is 0.249 e. The van der Waals surface area contributed by atoms with Crippen LogP contribution in [0.5, 0.6) is 0 Å². The first-order valence-corrected chi connectivity index (χ1v) is 5.47. The lowest BCUT2D eigenvalue weighted by atomic mass is 10.1. The Morgan fingerprint density at radius 2 is 2.07 bits per heavy atom. The van der Waals surface area contributed by atoms with Crippen LogP contribution >= 0.6 is 0 Å². The molecule has 1 unspecified atom stereocenters. The predicted molar refractivity (Wildman–Crippen MR) is 54.8 cm³/mol. The van der Waals surface area contributed by atoms with E-state index in [1.807, 2.05) is 5.01 Å². The first-order chi connectivity index (χ1) is 6.88. The van der Waals surface area contributed by atoms with Crippen molar-refractivity contribution in [2.24, 2.45) is 5.10 Å². The summed E-state index contributed by atoms with van der Waals surface area (Å²) in [5.74, 6) is 0.113. The van der Waals surface area contributed by atoms with Crippen LogP contribution in [0.1, 0.15) is 38.5 Å². The van der Waals surface area contributed by atoms with E-state index in [1.165, 1.54) is 25.6 Å². The minimum absolute atomic E-state index is 0.0156. The highest BCUT2D eigenvalue weighted by molar-refractivity contribution is 5.92. The maximum absolute atomic E-state index is 11.6. The second kappa shape index (κ2) is 4.44. The lowest BCUT2D eigenvalue weighted by molar-refractivity contribution is -0.126. The van der Waals surface area contributed by atoms with Crippen molar-refractivity contribution in [3.05, 3.63) is 0 Å². The van der Waals surface area contributed by atoms with Gasteiger partial charge in [0.05, 0.1) is 0 Å². The van der Waals surface area contributed by atoms with E-state index in [-0.39, 0.29) is 11.9 Å². The summed E-state index contributed by atoms with van der Waals surface area (Å²) in [5.41, 5.74) is 0. The third-order valence-corrected chi connectivity index (χ3v) is 2.94. The van der Waals surface area contributed by atoms with Crippen molar-refractivity contribution in [2.45, 2.75) is 44.6 Å². The topological polar surface area (TPSA) is 44.7 Å². The van der Waals surface area contributed by atoms with E-state index in [1.54, 1.807) is 0 Å². The van der Waals surface area contributed by atoms with Gasteiger partial charge in [0.25, 0.3) is 0 Å². The standard InChI is InChI=1S/C10H17N3O/c14-10-9-6-4-2-1-3-5-7-13(9)12-8-11-10/h8-9H,1-7H2,(H,11,12,14). The fraction of sp³-hybridized carbons (Fsp3) is 0.800. The highest BCUT2D eigenvalue weighted by Gasteiger charge is 2.26. The summed E-state index contributed by atoms with van der Waals surface area (Å²) in [6.45, 7) is 0.925. The Kier molecular flexibility index (Phi) is 3.01. The van der Waals surface area contributed by atoms with Gasteiger partial charge < -0.3 is 5.32 Å². The molecule has 0 spiro atoms. The Morgan fingerprint density at radius 1 is 1.29 bits per heavy atom. The third kappa shape index (κ3) is 2.05. The zero-order valence-electron chi connectivity index (χ0n) is 8.41. The highest BCUT2D eigenvalue weighted by Crippen LogP contribution is 2.17. The molecular weight excluding hydrogens is 178 g/mol. The lowest BCUT2D eigenvalue weighted by Crippen LogP contribution is -2.48. The summed E-state index contributed by atoms with van der Waals surface area (Å²) in [6, 6.07) is -0.0156. The average molecular weight is 195 g/mol. The Morgan fingerprint density at radius 3 is 3.00 bits per heavy atom. The monoisotopic (exact) mass is 195 g/mol. The first kappa shape index (κ1) is 9.49. The molecule has 14 heavy (non-hydrogen) atoms. The smallest absolute Gasteiger partial charge is 0.249 e. The van der Waals surface area contributed by atoms with Gasteiger partial charge in [-0.25, -0.2) is 0 Å². The van der Waals surface area contributed by atoms with Gasteiger partial charge in [-0.15, -0.1) is 0 Å². The van der Waals surface area contributed by atoms with Crippen LogP contribution in [0.3, 0.4) is 0 Å². The van der Waals surface area contributed by atoms with Crippen molar-refractivity contribution in [3.63, 3.8) is 0 Å². The maximum atomic E-state index is 11.6. The van der Waals surface area contributed by atoms with E-state index in [4.69, 9.17) is 0 Å². The number of carbonyl (C=O) groups excluding carboxylic acids is 1. The SMILES string of the molecule is O=C1NC=NN2CCCCCCCC12. The second-order valence-electron chi connectivity index (χ2n) is 3.99. The molecule has 1 saturated heterocycles. The number of hydrogen-bond acceptors (Lipinski definition) is 3. The third-order valence-electron chi connectivity index (χ3n) is 2.94. The molecule has 0 aromatic rings. The molecule has 4 heteroatoms. The van der Waals surface area contributed by atoms with Crippen LogP contribution in [-0.4, -0.2) is 29.8 Å². The van der Waals surface area contributed by atoms with Crippen LogP contribution < -0.4 is 5.32 Å². The Labute approximate surface area is 84.3 Å². The number of amides is 1. The molecule has 0 aromatic heterocycles. The zero-order chi connectivity index (χ0) is 9.80. The van der Waals surface area contributed by atoms with Gasteiger partial charge in [-0.1, -0.05) is 25.7 Å². The molecule has 2 aliphatic heterocycles. The molecule has 2 rings (SSSR count). The average Bonchev–Trinajstić information content (AvgIpc) is 2.30. The summed E-state index contributed by atoms with van der Waals surface area (Å²) < 4.78 is 0. The number of nitrogens with one attached hydrogen (secondary N) is 1. The van der Waals surface area contributed by atoms with Crippen molar-refractivity contribution < 1.29 is 4.79 Å². The van der Waals surface area contributed by atoms with E-state index < -0.39 is 0 Å². The molecule has 2 aliphatic rings. The lowest BCUT2D eigenvalue weighted by Gasteiger charge is -2.30. The fourth-order valence-corrected chi connectivity index (χ4v) is 2.11. The Balaban J connectivity index is 2.05. The van der Waals surface area contributed by atoms with Gasteiger partial charge in [0.2, 0.25) is 5.91 Å². The molecular formula is C10H17N3O. The quantitative estimate of drug-likeness (QED) is 0.628. The van der Waals surface area contributed by atoms with E-state index in [2.05, 4.69) is 10.4 Å². The summed E-state index contributed by atoms with van der Waals surface area (Å²) in [7, 11) is 0. The molecule has 1 N–H and O–H groups in total. The molecule has 1 atom stereocenters. The number of nitrogens with zero attached hydrogens (tertiary/aromatic N) is 2. The summed E-state index contributed by atoms with van der Waals surface area (Å²) >= 11 is 0.